The number of alkyl halides is 3. The fourth-order valence-corrected chi connectivity index (χ4v) is 2.14. The highest BCUT2D eigenvalue weighted by molar-refractivity contribution is 5.79. The summed E-state index contributed by atoms with van der Waals surface area (Å²) in [5.74, 6) is 0.859. The second kappa shape index (κ2) is 10.2. The van der Waals surface area contributed by atoms with Gasteiger partial charge in [0.1, 0.15) is 18.1 Å². The van der Waals surface area contributed by atoms with Crippen molar-refractivity contribution in [3.8, 4) is 11.5 Å². The monoisotopic (exact) mass is 382 g/mol. The van der Waals surface area contributed by atoms with Crippen LogP contribution in [0.1, 0.15) is 12.5 Å². The van der Waals surface area contributed by atoms with Crippen LogP contribution >= 0.6 is 0 Å². The molecule has 0 bridgehead atoms. The molecule has 2 N–H and O–H groups in total. The minimum absolute atomic E-state index is 0.0328. The van der Waals surface area contributed by atoms with Gasteiger partial charge in [0.2, 0.25) is 0 Å². The zero-order valence-electron chi connectivity index (χ0n) is 14.8. The Kier molecular flexibility index (Phi) is 7.72. The Labute approximate surface area is 155 Å². The Morgan fingerprint density at radius 2 is 1.96 bits per heavy atom. The van der Waals surface area contributed by atoms with E-state index in [1.165, 1.54) is 12.1 Å². The van der Waals surface area contributed by atoms with Crippen LogP contribution in [-0.4, -0.2) is 37.0 Å². The fraction of sp³-hybridized carbons (Fsp3) is 0.333. The van der Waals surface area contributed by atoms with E-state index in [0.717, 1.165) is 0 Å². The summed E-state index contributed by atoms with van der Waals surface area (Å²) in [6.45, 7) is 3.37. The van der Waals surface area contributed by atoms with Gasteiger partial charge in [0.25, 0.3) is 0 Å². The Balaban J connectivity index is 1.91. The summed E-state index contributed by atoms with van der Waals surface area (Å²) in [5.41, 5.74) is 0.332. The van der Waals surface area contributed by atoms with E-state index in [-0.39, 0.29) is 12.3 Å². The van der Waals surface area contributed by atoms with Gasteiger partial charge < -0.3 is 20.1 Å². The van der Waals surface area contributed by atoms with Crippen LogP contribution in [0, 0.1) is 0 Å². The zero-order valence-corrected chi connectivity index (χ0v) is 14.8. The van der Waals surface area contributed by atoms with E-state index in [0.29, 0.717) is 37.0 Å². The number of aliphatic imine (C=N–C) groups is 1. The van der Waals surface area contributed by atoms with E-state index in [4.69, 9.17) is 4.74 Å². The van der Waals surface area contributed by atoms with Crippen molar-refractivity contribution in [2.75, 3.05) is 19.7 Å². The Morgan fingerprint density at radius 1 is 1.15 bits per heavy atom. The summed E-state index contributed by atoms with van der Waals surface area (Å²) in [4.78, 5) is 8.25. The molecule has 0 fully saturated rings. The Bertz CT molecular complexity index is 724. The maximum absolute atomic E-state index is 12.5. The number of ether oxygens (including phenoxy) is 2. The molecule has 6 nitrogen and oxygen atoms in total. The molecule has 0 saturated carbocycles. The zero-order chi connectivity index (χ0) is 19.5. The van der Waals surface area contributed by atoms with Gasteiger partial charge in [-0.15, -0.1) is 13.2 Å². The molecule has 1 heterocycles. The first-order valence-electron chi connectivity index (χ1n) is 8.36. The summed E-state index contributed by atoms with van der Waals surface area (Å²) in [7, 11) is 0. The summed E-state index contributed by atoms with van der Waals surface area (Å²) >= 11 is 0. The third-order valence-corrected chi connectivity index (χ3v) is 3.25. The Hall–Kier alpha value is -2.97. The van der Waals surface area contributed by atoms with Gasteiger partial charge in [-0.25, -0.2) is 4.99 Å². The average Bonchev–Trinajstić information content (AvgIpc) is 2.64. The minimum atomic E-state index is -4.74. The molecule has 0 saturated heterocycles. The molecule has 1 aromatic heterocycles. The van der Waals surface area contributed by atoms with Crippen LogP contribution in [0.3, 0.4) is 0 Å². The van der Waals surface area contributed by atoms with Crippen molar-refractivity contribution >= 4 is 5.96 Å². The van der Waals surface area contributed by atoms with E-state index in [2.05, 4.69) is 25.3 Å². The first-order chi connectivity index (χ1) is 13.0. The van der Waals surface area contributed by atoms with Gasteiger partial charge >= 0.3 is 6.36 Å². The van der Waals surface area contributed by atoms with Gasteiger partial charge in [-0.3, -0.25) is 4.98 Å². The lowest BCUT2D eigenvalue weighted by atomic mass is 10.2. The molecular weight excluding hydrogens is 361 g/mol. The molecule has 0 unspecified atom stereocenters. The normalized spacial score (nSPS) is 11.8. The molecule has 0 atom stereocenters. The quantitative estimate of drug-likeness (QED) is 0.417. The van der Waals surface area contributed by atoms with Crippen LogP contribution in [0.4, 0.5) is 13.2 Å². The molecule has 0 aliphatic heterocycles. The fourth-order valence-electron chi connectivity index (χ4n) is 2.14. The first-order valence-corrected chi connectivity index (χ1v) is 8.36. The second-order valence-electron chi connectivity index (χ2n) is 5.31. The Morgan fingerprint density at radius 3 is 2.67 bits per heavy atom. The highest BCUT2D eigenvalue weighted by Gasteiger charge is 2.31. The molecule has 2 aromatic rings. The number of guanidine groups is 1. The van der Waals surface area contributed by atoms with Gasteiger partial charge in [0.05, 0.1) is 19.3 Å². The lowest BCUT2D eigenvalue weighted by Gasteiger charge is -2.14. The molecule has 146 valence electrons. The van der Waals surface area contributed by atoms with E-state index in [1.807, 2.05) is 6.92 Å². The van der Waals surface area contributed by atoms with E-state index in [1.54, 1.807) is 36.7 Å². The lowest BCUT2D eigenvalue weighted by molar-refractivity contribution is -0.274. The van der Waals surface area contributed by atoms with Gasteiger partial charge in [0.15, 0.2) is 5.96 Å². The standard InChI is InChI=1S/C18H21F3N4O2/c1-2-23-17(24-10-11-26-15-7-5-9-22-13-15)25-12-14-6-3-4-8-16(14)27-18(19,20)21/h3-9,13H,2,10-12H2,1H3,(H2,23,24,25). The predicted molar refractivity (Wildman–Crippen MR) is 95.7 cm³/mol. The highest BCUT2D eigenvalue weighted by atomic mass is 19.4. The van der Waals surface area contributed by atoms with Crippen molar-refractivity contribution < 1.29 is 22.6 Å². The maximum Gasteiger partial charge on any atom is 0.573 e. The molecule has 0 aliphatic rings. The molecule has 0 aliphatic carbocycles. The number of aromatic nitrogens is 1. The molecular formula is C18H21F3N4O2. The first kappa shape index (κ1) is 20.3. The van der Waals surface area contributed by atoms with Crippen LogP contribution in [0.15, 0.2) is 53.8 Å². The lowest BCUT2D eigenvalue weighted by Crippen LogP contribution is -2.39. The van der Waals surface area contributed by atoms with Crippen molar-refractivity contribution in [3.63, 3.8) is 0 Å². The van der Waals surface area contributed by atoms with Crippen LogP contribution < -0.4 is 20.1 Å². The largest absolute Gasteiger partial charge is 0.573 e. The molecule has 2 rings (SSSR count). The van der Waals surface area contributed by atoms with Gasteiger partial charge in [-0.05, 0) is 25.1 Å². The number of halogens is 3. The third-order valence-electron chi connectivity index (χ3n) is 3.25. The van der Waals surface area contributed by atoms with Crippen LogP contribution in [0.5, 0.6) is 11.5 Å². The summed E-state index contributed by atoms with van der Waals surface area (Å²) in [5, 5.41) is 6.09. The summed E-state index contributed by atoms with van der Waals surface area (Å²) < 4.78 is 47.0. The molecule has 1 aromatic carbocycles. The summed E-state index contributed by atoms with van der Waals surface area (Å²) in [6, 6.07) is 9.49. The number of para-hydroxylation sites is 1. The van der Waals surface area contributed by atoms with Crippen LogP contribution in [0.2, 0.25) is 0 Å². The van der Waals surface area contributed by atoms with Crippen LogP contribution in [-0.2, 0) is 6.54 Å². The topological polar surface area (TPSA) is 67.8 Å². The van der Waals surface area contributed by atoms with E-state index >= 15 is 0 Å². The molecule has 0 amide bonds. The smallest absolute Gasteiger partial charge is 0.490 e. The number of benzene rings is 1. The van der Waals surface area contributed by atoms with Crippen molar-refractivity contribution in [1.82, 2.24) is 15.6 Å². The number of hydrogen-bond acceptors (Lipinski definition) is 4. The number of pyridine rings is 1. The van der Waals surface area contributed by atoms with E-state index < -0.39 is 6.36 Å². The second-order valence-corrected chi connectivity index (χ2v) is 5.31. The number of nitrogens with zero attached hydrogens (tertiary/aromatic N) is 2. The van der Waals surface area contributed by atoms with Crippen molar-refractivity contribution in [1.29, 1.82) is 0 Å². The summed E-state index contributed by atoms with van der Waals surface area (Å²) in [6.07, 6.45) is -1.48. The predicted octanol–water partition coefficient (Wildman–Crippen LogP) is 3.11. The van der Waals surface area contributed by atoms with Crippen molar-refractivity contribution in [2.24, 2.45) is 4.99 Å². The third kappa shape index (κ3) is 7.85. The molecule has 0 radical (unpaired) electrons. The molecule has 0 spiro atoms. The van der Waals surface area contributed by atoms with Gasteiger partial charge in [-0.1, -0.05) is 18.2 Å². The molecule has 9 heteroatoms. The highest BCUT2D eigenvalue weighted by Crippen LogP contribution is 2.26. The van der Waals surface area contributed by atoms with E-state index in [9.17, 15) is 13.2 Å². The maximum atomic E-state index is 12.5. The van der Waals surface area contributed by atoms with Gasteiger partial charge in [-0.2, -0.15) is 0 Å². The number of rotatable bonds is 8. The minimum Gasteiger partial charge on any atom is -0.490 e. The SMILES string of the molecule is CCNC(=NCc1ccccc1OC(F)(F)F)NCCOc1cccnc1. The molecule has 27 heavy (non-hydrogen) atoms. The van der Waals surface area contributed by atoms with Crippen LogP contribution in [0.25, 0.3) is 0 Å². The number of hydrogen-bond donors (Lipinski definition) is 2. The van der Waals surface area contributed by atoms with Crippen molar-refractivity contribution in [3.05, 3.63) is 54.4 Å². The van der Waals surface area contributed by atoms with Crippen molar-refractivity contribution in [2.45, 2.75) is 19.8 Å². The number of nitrogens with one attached hydrogen (secondary N) is 2. The average molecular weight is 382 g/mol. The van der Waals surface area contributed by atoms with Gasteiger partial charge in [0, 0.05) is 18.3 Å².